The van der Waals surface area contributed by atoms with Gasteiger partial charge in [-0.1, -0.05) is 30.3 Å². The van der Waals surface area contributed by atoms with Crippen LogP contribution in [0.25, 0.3) is 0 Å². The molecule has 0 radical (unpaired) electrons. The van der Waals surface area contributed by atoms with Gasteiger partial charge in [-0.05, 0) is 42.1 Å². The van der Waals surface area contributed by atoms with Crippen LogP contribution < -0.4 is 10.6 Å². The largest absolute Gasteiger partial charge is 0.465 e. The second kappa shape index (κ2) is 11.2. The zero-order valence-corrected chi connectivity index (χ0v) is 19.5. The Morgan fingerprint density at radius 2 is 1.94 bits per heavy atom. The molecule has 1 saturated heterocycles. The van der Waals surface area contributed by atoms with Crippen molar-refractivity contribution in [2.24, 2.45) is 0 Å². The number of carbonyl (C=O) groups excluding carboxylic acids is 2. The molecule has 0 aliphatic carbocycles. The van der Waals surface area contributed by atoms with Crippen molar-refractivity contribution in [3.8, 4) is 0 Å². The van der Waals surface area contributed by atoms with Crippen LogP contribution in [0.1, 0.15) is 27.2 Å². The van der Waals surface area contributed by atoms with Gasteiger partial charge in [0.1, 0.15) is 4.88 Å². The van der Waals surface area contributed by atoms with Gasteiger partial charge in [0.25, 0.3) is 0 Å². The van der Waals surface area contributed by atoms with Crippen LogP contribution in [0.4, 0.5) is 5.69 Å². The molecule has 0 spiro atoms. The highest BCUT2D eigenvalue weighted by Crippen LogP contribution is 2.28. The van der Waals surface area contributed by atoms with E-state index >= 15 is 0 Å². The standard InChI is InChI=1S/C22H28N4O3S2/c1-16-15-31-20(21(28)29-2)19(16)24-22(30)26-10-6-9-25(11-12-26)14-18(27)23-13-17-7-4-3-5-8-17/h3-5,7-8,15H,6,9-14H2,1-2H3,(H,23,27)(H,24,30). The van der Waals surface area contributed by atoms with Gasteiger partial charge in [0.15, 0.2) is 5.11 Å². The lowest BCUT2D eigenvalue weighted by atomic mass is 10.2. The number of ether oxygens (including phenoxy) is 1. The van der Waals surface area contributed by atoms with Gasteiger partial charge in [0.05, 0.1) is 19.3 Å². The number of amides is 1. The zero-order valence-electron chi connectivity index (χ0n) is 17.8. The molecule has 31 heavy (non-hydrogen) atoms. The third-order valence-corrected chi connectivity index (χ3v) is 6.59. The van der Waals surface area contributed by atoms with Crippen molar-refractivity contribution in [3.63, 3.8) is 0 Å². The fourth-order valence-electron chi connectivity index (χ4n) is 3.42. The van der Waals surface area contributed by atoms with E-state index in [9.17, 15) is 9.59 Å². The Bertz CT molecular complexity index is 917. The molecule has 2 aromatic rings. The average Bonchev–Trinajstić information content (AvgIpc) is 2.98. The van der Waals surface area contributed by atoms with Gasteiger partial charge >= 0.3 is 5.97 Å². The fourth-order valence-corrected chi connectivity index (χ4v) is 4.62. The summed E-state index contributed by atoms with van der Waals surface area (Å²) < 4.78 is 4.87. The first-order chi connectivity index (χ1) is 15.0. The summed E-state index contributed by atoms with van der Waals surface area (Å²) in [6.45, 7) is 5.94. The van der Waals surface area contributed by atoms with E-state index in [1.807, 2.05) is 42.6 Å². The van der Waals surface area contributed by atoms with E-state index in [1.54, 1.807) is 0 Å². The molecule has 0 bridgehead atoms. The number of rotatable bonds is 6. The molecular formula is C22H28N4O3S2. The van der Waals surface area contributed by atoms with Gasteiger partial charge in [-0.15, -0.1) is 11.3 Å². The summed E-state index contributed by atoms with van der Waals surface area (Å²) in [7, 11) is 1.37. The number of aryl methyl sites for hydroxylation is 1. The Labute approximate surface area is 192 Å². The second-order valence-electron chi connectivity index (χ2n) is 7.42. The van der Waals surface area contributed by atoms with Gasteiger partial charge in [-0.2, -0.15) is 0 Å². The molecule has 1 aromatic carbocycles. The van der Waals surface area contributed by atoms with Crippen molar-refractivity contribution in [3.05, 3.63) is 51.7 Å². The maximum Gasteiger partial charge on any atom is 0.350 e. The molecule has 2 N–H and O–H groups in total. The van der Waals surface area contributed by atoms with E-state index in [2.05, 4.69) is 20.4 Å². The molecule has 0 unspecified atom stereocenters. The van der Waals surface area contributed by atoms with Crippen molar-refractivity contribution in [2.75, 3.05) is 45.2 Å². The van der Waals surface area contributed by atoms with Crippen LogP contribution in [-0.2, 0) is 16.1 Å². The SMILES string of the molecule is COC(=O)c1scc(C)c1NC(=S)N1CCCN(CC(=O)NCc2ccccc2)CC1. The molecule has 3 rings (SSSR count). The summed E-state index contributed by atoms with van der Waals surface area (Å²) >= 11 is 6.96. The molecule has 1 aliphatic rings. The molecule has 7 nitrogen and oxygen atoms in total. The number of hydrogen-bond donors (Lipinski definition) is 2. The van der Waals surface area contributed by atoms with E-state index < -0.39 is 0 Å². The first-order valence-corrected chi connectivity index (χ1v) is 11.5. The van der Waals surface area contributed by atoms with E-state index in [-0.39, 0.29) is 11.9 Å². The third-order valence-electron chi connectivity index (χ3n) is 5.15. The predicted molar refractivity (Wildman–Crippen MR) is 128 cm³/mol. The number of hydrogen-bond acceptors (Lipinski definition) is 6. The minimum absolute atomic E-state index is 0.0228. The molecule has 0 atom stereocenters. The maximum atomic E-state index is 12.3. The normalized spacial score (nSPS) is 14.6. The number of nitrogens with zero attached hydrogens (tertiary/aromatic N) is 2. The summed E-state index contributed by atoms with van der Waals surface area (Å²) in [6, 6.07) is 9.89. The van der Waals surface area contributed by atoms with E-state index in [1.165, 1.54) is 18.4 Å². The highest BCUT2D eigenvalue weighted by Gasteiger charge is 2.22. The van der Waals surface area contributed by atoms with Crippen molar-refractivity contribution >= 4 is 46.2 Å². The van der Waals surface area contributed by atoms with Gasteiger partial charge in [0, 0.05) is 32.7 Å². The number of benzene rings is 1. The molecule has 1 aliphatic heterocycles. The van der Waals surface area contributed by atoms with Crippen molar-refractivity contribution in [2.45, 2.75) is 19.9 Å². The topological polar surface area (TPSA) is 73.9 Å². The molecule has 0 saturated carbocycles. The van der Waals surface area contributed by atoms with Gasteiger partial charge < -0.3 is 20.3 Å². The average molecular weight is 461 g/mol. The van der Waals surface area contributed by atoms with Crippen LogP contribution in [0.5, 0.6) is 0 Å². The monoisotopic (exact) mass is 460 g/mol. The third kappa shape index (κ3) is 6.49. The van der Waals surface area contributed by atoms with E-state index in [4.69, 9.17) is 17.0 Å². The van der Waals surface area contributed by atoms with Crippen molar-refractivity contribution in [1.29, 1.82) is 0 Å². The highest BCUT2D eigenvalue weighted by molar-refractivity contribution is 7.80. The van der Waals surface area contributed by atoms with Gasteiger partial charge in [-0.3, -0.25) is 9.69 Å². The number of carbonyl (C=O) groups is 2. The minimum Gasteiger partial charge on any atom is -0.465 e. The quantitative estimate of drug-likeness (QED) is 0.507. The Balaban J connectivity index is 1.49. The molecule has 166 valence electrons. The number of nitrogens with one attached hydrogen (secondary N) is 2. The first-order valence-electron chi connectivity index (χ1n) is 10.2. The molecule has 1 amide bonds. The van der Waals surface area contributed by atoms with Crippen molar-refractivity contribution < 1.29 is 14.3 Å². The summed E-state index contributed by atoms with van der Waals surface area (Å²) in [6.07, 6.45) is 0.903. The summed E-state index contributed by atoms with van der Waals surface area (Å²) in [5, 5.41) is 8.72. The molecule has 2 heterocycles. The summed E-state index contributed by atoms with van der Waals surface area (Å²) in [5.41, 5.74) is 2.76. The lowest BCUT2D eigenvalue weighted by molar-refractivity contribution is -0.122. The molecule has 1 aromatic heterocycles. The van der Waals surface area contributed by atoms with Crippen LogP contribution in [-0.4, -0.2) is 66.6 Å². The fraction of sp³-hybridized carbons (Fsp3) is 0.409. The second-order valence-corrected chi connectivity index (χ2v) is 8.69. The van der Waals surface area contributed by atoms with Crippen LogP contribution in [0, 0.1) is 6.92 Å². The molecular weight excluding hydrogens is 432 g/mol. The van der Waals surface area contributed by atoms with Gasteiger partial charge in [-0.25, -0.2) is 4.79 Å². The first kappa shape index (κ1) is 23.2. The number of methoxy groups -OCH3 is 1. The smallest absolute Gasteiger partial charge is 0.350 e. The van der Waals surface area contributed by atoms with Crippen LogP contribution in [0.15, 0.2) is 35.7 Å². The zero-order chi connectivity index (χ0) is 22.2. The number of esters is 1. The summed E-state index contributed by atoms with van der Waals surface area (Å²) in [5.74, 6) is -0.346. The van der Waals surface area contributed by atoms with Gasteiger partial charge in [0.2, 0.25) is 5.91 Å². The van der Waals surface area contributed by atoms with Crippen LogP contribution >= 0.6 is 23.6 Å². The minimum atomic E-state index is -0.369. The number of thiophene rings is 1. The predicted octanol–water partition coefficient (Wildman–Crippen LogP) is 2.86. The molecule has 9 heteroatoms. The number of anilines is 1. The van der Waals surface area contributed by atoms with Crippen LogP contribution in [0.3, 0.4) is 0 Å². The lowest BCUT2D eigenvalue weighted by Gasteiger charge is -2.25. The summed E-state index contributed by atoms with van der Waals surface area (Å²) in [4.78, 5) is 29.1. The lowest BCUT2D eigenvalue weighted by Crippen LogP contribution is -2.40. The Hall–Kier alpha value is -2.49. The Kier molecular flexibility index (Phi) is 8.39. The maximum absolute atomic E-state index is 12.3. The van der Waals surface area contributed by atoms with Crippen LogP contribution in [0.2, 0.25) is 0 Å². The Morgan fingerprint density at radius 1 is 1.16 bits per heavy atom. The van der Waals surface area contributed by atoms with E-state index in [0.29, 0.717) is 35.3 Å². The van der Waals surface area contributed by atoms with Crippen molar-refractivity contribution in [1.82, 2.24) is 15.1 Å². The number of thiocarbonyl (C=S) groups is 1. The van der Waals surface area contributed by atoms with E-state index in [0.717, 1.165) is 37.2 Å². The molecule has 1 fully saturated rings. The highest BCUT2D eigenvalue weighted by atomic mass is 32.1. The Morgan fingerprint density at radius 3 is 2.68 bits per heavy atom.